The maximum Gasteiger partial charge on any atom is 0.0406 e. The van der Waals surface area contributed by atoms with Crippen LogP contribution in [0.1, 0.15) is 25.8 Å². The van der Waals surface area contributed by atoms with Gasteiger partial charge in [0, 0.05) is 5.02 Å². The number of rotatable bonds is 7. The first-order valence-electron chi connectivity index (χ1n) is 6.28. The molecule has 1 rings (SSSR count). The zero-order valence-corrected chi connectivity index (χ0v) is 11.5. The van der Waals surface area contributed by atoms with Gasteiger partial charge in [0.15, 0.2) is 0 Å². The average Bonchev–Trinajstić information content (AvgIpc) is 2.30. The van der Waals surface area contributed by atoms with Crippen LogP contribution in [0.2, 0.25) is 5.02 Å². The summed E-state index contributed by atoms with van der Waals surface area (Å²) in [4.78, 5) is 0. The van der Waals surface area contributed by atoms with Crippen molar-refractivity contribution in [3.8, 4) is 0 Å². The molecule has 1 aromatic rings. The quantitative estimate of drug-likeness (QED) is 0.569. The third-order valence-electron chi connectivity index (χ3n) is 2.47. The van der Waals surface area contributed by atoms with E-state index in [2.05, 4.69) is 43.4 Å². The lowest BCUT2D eigenvalue weighted by atomic mass is 10.1. The Hall–Kier alpha value is -0.790. The van der Waals surface area contributed by atoms with Crippen LogP contribution < -0.4 is 5.32 Å². The Morgan fingerprint density at radius 2 is 1.88 bits per heavy atom. The fourth-order valence-corrected chi connectivity index (χ4v) is 1.66. The molecule has 0 aliphatic heterocycles. The molecule has 0 saturated heterocycles. The monoisotopic (exact) mass is 251 g/mol. The molecule has 0 amide bonds. The molecule has 0 radical (unpaired) electrons. The minimum Gasteiger partial charge on any atom is -0.316 e. The van der Waals surface area contributed by atoms with E-state index in [0.29, 0.717) is 0 Å². The van der Waals surface area contributed by atoms with Crippen molar-refractivity contribution < 1.29 is 0 Å². The third kappa shape index (κ3) is 7.19. The van der Waals surface area contributed by atoms with Crippen molar-refractivity contribution in [1.29, 1.82) is 0 Å². The summed E-state index contributed by atoms with van der Waals surface area (Å²) in [6, 6.07) is 8.03. The second kappa shape index (κ2) is 8.32. The van der Waals surface area contributed by atoms with Gasteiger partial charge < -0.3 is 5.32 Å². The van der Waals surface area contributed by atoms with Crippen LogP contribution in [-0.4, -0.2) is 13.1 Å². The molecule has 1 N–H and O–H groups in total. The van der Waals surface area contributed by atoms with E-state index in [-0.39, 0.29) is 0 Å². The predicted octanol–water partition coefficient (Wildman–Crippen LogP) is 4.07. The zero-order valence-electron chi connectivity index (χ0n) is 10.7. The second-order valence-corrected chi connectivity index (χ2v) is 5.13. The fraction of sp³-hybridized carbons (Fsp3) is 0.467. The highest BCUT2D eigenvalue weighted by molar-refractivity contribution is 6.30. The van der Waals surface area contributed by atoms with Crippen LogP contribution in [0.25, 0.3) is 0 Å². The minimum atomic E-state index is 0.730. The first kappa shape index (κ1) is 14.3. The number of nitrogens with one attached hydrogen (secondary N) is 1. The van der Waals surface area contributed by atoms with Crippen molar-refractivity contribution in [2.75, 3.05) is 13.1 Å². The Balaban J connectivity index is 2.11. The van der Waals surface area contributed by atoms with Crippen molar-refractivity contribution in [3.05, 3.63) is 47.0 Å². The Bertz CT molecular complexity index is 327. The highest BCUT2D eigenvalue weighted by Gasteiger charge is 1.91. The van der Waals surface area contributed by atoms with Crippen LogP contribution >= 0.6 is 11.6 Å². The molecule has 0 aliphatic carbocycles. The van der Waals surface area contributed by atoms with Crippen LogP contribution in [0.15, 0.2) is 36.4 Å². The largest absolute Gasteiger partial charge is 0.316 e. The van der Waals surface area contributed by atoms with Gasteiger partial charge in [0.2, 0.25) is 0 Å². The van der Waals surface area contributed by atoms with E-state index >= 15 is 0 Å². The number of benzene rings is 1. The van der Waals surface area contributed by atoms with E-state index in [0.717, 1.165) is 36.9 Å². The molecule has 17 heavy (non-hydrogen) atoms. The highest BCUT2D eigenvalue weighted by Crippen LogP contribution is 2.10. The molecule has 0 aromatic heterocycles. The summed E-state index contributed by atoms with van der Waals surface area (Å²) < 4.78 is 0. The van der Waals surface area contributed by atoms with Crippen molar-refractivity contribution in [2.24, 2.45) is 5.92 Å². The van der Waals surface area contributed by atoms with Gasteiger partial charge in [0.05, 0.1) is 0 Å². The van der Waals surface area contributed by atoms with Crippen LogP contribution in [0.5, 0.6) is 0 Å². The lowest BCUT2D eigenvalue weighted by Crippen LogP contribution is -2.20. The van der Waals surface area contributed by atoms with Crippen LogP contribution in [0.4, 0.5) is 0 Å². The summed E-state index contributed by atoms with van der Waals surface area (Å²) in [5.41, 5.74) is 1.31. The fourth-order valence-electron chi connectivity index (χ4n) is 1.53. The molecular formula is C15H22ClN. The van der Waals surface area contributed by atoms with Crippen LogP contribution in [0, 0.1) is 5.92 Å². The van der Waals surface area contributed by atoms with Gasteiger partial charge in [-0.1, -0.05) is 49.7 Å². The van der Waals surface area contributed by atoms with Gasteiger partial charge in [0.1, 0.15) is 0 Å². The summed E-state index contributed by atoms with van der Waals surface area (Å²) in [5.74, 6) is 0.730. The van der Waals surface area contributed by atoms with Gasteiger partial charge in [-0.3, -0.25) is 0 Å². The van der Waals surface area contributed by atoms with E-state index in [1.54, 1.807) is 0 Å². The summed E-state index contributed by atoms with van der Waals surface area (Å²) in [5, 5.41) is 4.22. The smallest absolute Gasteiger partial charge is 0.0406 e. The first-order chi connectivity index (χ1) is 8.18. The Morgan fingerprint density at radius 3 is 2.53 bits per heavy atom. The molecule has 0 saturated carbocycles. The van der Waals surface area contributed by atoms with Gasteiger partial charge in [-0.15, -0.1) is 0 Å². The van der Waals surface area contributed by atoms with Crippen molar-refractivity contribution in [1.82, 2.24) is 5.32 Å². The summed E-state index contributed by atoms with van der Waals surface area (Å²) >= 11 is 5.83. The summed E-state index contributed by atoms with van der Waals surface area (Å²) in [6.45, 7) is 6.62. The van der Waals surface area contributed by atoms with Crippen LogP contribution in [0.3, 0.4) is 0 Å². The molecule has 0 spiro atoms. The molecule has 0 heterocycles. The first-order valence-corrected chi connectivity index (χ1v) is 6.66. The minimum absolute atomic E-state index is 0.730. The highest BCUT2D eigenvalue weighted by atomic mass is 35.5. The van der Waals surface area contributed by atoms with E-state index < -0.39 is 0 Å². The molecule has 1 nitrogen and oxygen atoms in total. The normalized spacial score (nSPS) is 11.5. The third-order valence-corrected chi connectivity index (χ3v) is 2.73. The van der Waals surface area contributed by atoms with E-state index in [1.165, 1.54) is 5.56 Å². The second-order valence-electron chi connectivity index (χ2n) is 4.69. The van der Waals surface area contributed by atoms with Crippen LogP contribution in [-0.2, 0) is 6.42 Å². The van der Waals surface area contributed by atoms with E-state index in [4.69, 9.17) is 11.6 Å². The molecule has 0 fully saturated rings. The number of allylic oxidation sites excluding steroid dienone is 1. The zero-order chi connectivity index (χ0) is 12.5. The van der Waals surface area contributed by atoms with Gasteiger partial charge in [-0.05, 0) is 49.5 Å². The summed E-state index contributed by atoms with van der Waals surface area (Å²) in [7, 11) is 0. The maximum atomic E-state index is 5.83. The molecule has 0 unspecified atom stereocenters. The number of hydrogen-bond donors (Lipinski definition) is 1. The summed E-state index contributed by atoms with van der Waals surface area (Å²) in [6.07, 6.45) is 6.55. The van der Waals surface area contributed by atoms with Crippen molar-refractivity contribution >= 4 is 11.6 Å². The van der Waals surface area contributed by atoms with Crippen molar-refractivity contribution in [3.63, 3.8) is 0 Å². The Labute approximate surface area is 110 Å². The SMILES string of the molecule is CC(C)CNCC/C=C/Cc1ccc(Cl)cc1. The maximum absolute atomic E-state index is 5.83. The topological polar surface area (TPSA) is 12.0 Å². The molecule has 0 aliphatic rings. The lowest BCUT2D eigenvalue weighted by Gasteiger charge is -2.04. The van der Waals surface area contributed by atoms with E-state index in [1.807, 2.05) is 12.1 Å². The average molecular weight is 252 g/mol. The standard InChI is InChI=1S/C15H22ClN/c1-13(2)12-17-11-5-3-4-6-14-7-9-15(16)10-8-14/h3-4,7-10,13,17H,5-6,11-12H2,1-2H3/b4-3+. The van der Waals surface area contributed by atoms with Gasteiger partial charge in [0.25, 0.3) is 0 Å². The number of hydrogen-bond acceptors (Lipinski definition) is 1. The molecule has 2 heteroatoms. The molecule has 94 valence electrons. The number of halogens is 1. The molecule has 1 aromatic carbocycles. The lowest BCUT2D eigenvalue weighted by molar-refractivity contribution is 0.556. The molecule has 0 atom stereocenters. The van der Waals surface area contributed by atoms with E-state index in [9.17, 15) is 0 Å². The van der Waals surface area contributed by atoms with Gasteiger partial charge in [-0.25, -0.2) is 0 Å². The Kier molecular flexibility index (Phi) is 6.99. The molecule has 0 bridgehead atoms. The van der Waals surface area contributed by atoms with Crippen molar-refractivity contribution in [2.45, 2.75) is 26.7 Å². The van der Waals surface area contributed by atoms with Gasteiger partial charge in [-0.2, -0.15) is 0 Å². The Morgan fingerprint density at radius 1 is 1.18 bits per heavy atom. The van der Waals surface area contributed by atoms with Gasteiger partial charge >= 0.3 is 0 Å². The predicted molar refractivity (Wildman–Crippen MR) is 76.6 cm³/mol. The molecular weight excluding hydrogens is 230 g/mol.